The van der Waals surface area contributed by atoms with Crippen molar-refractivity contribution in [3.63, 3.8) is 0 Å². The predicted octanol–water partition coefficient (Wildman–Crippen LogP) is 3.14. The number of carbonyl (C=O) groups is 2. The fourth-order valence-electron chi connectivity index (χ4n) is 2.01. The van der Waals surface area contributed by atoms with Gasteiger partial charge in [0.15, 0.2) is 0 Å². The zero-order valence-corrected chi connectivity index (χ0v) is 12.7. The molecule has 1 aromatic rings. The van der Waals surface area contributed by atoms with Crippen LogP contribution in [0.4, 0.5) is 5.69 Å². The third-order valence-electron chi connectivity index (χ3n) is 2.87. The molecule has 1 amide bonds. The maximum Gasteiger partial charge on any atom is 0.303 e. The van der Waals surface area contributed by atoms with Gasteiger partial charge in [-0.2, -0.15) is 0 Å². The number of para-hydroxylation sites is 1. The highest BCUT2D eigenvalue weighted by atomic mass is 79.9. The van der Waals surface area contributed by atoms with Crippen LogP contribution in [0.3, 0.4) is 0 Å². The van der Waals surface area contributed by atoms with Crippen LogP contribution in [0, 0.1) is 0 Å². The maximum absolute atomic E-state index is 12.2. The Morgan fingerprint density at radius 1 is 1.37 bits per heavy atom. The van der Waals surface area contributed by atoms with Crippen molar-refractivity contribution in [3.8, 4) is 0 Å². The monoisotopic (exact) mass is 343 g/mol. The molecule has 4 nitrogen and oxygen atoms in total. The number of nitrogens with zero attached hydrogens (tertiary/aromatic N) is 1. The minimum atomic E-state index is -0.858. The number of halogens is 1. The van der Waals surface area contributed by atoms with Gasteiger partial charge < -0.3 is 10.0 Å². The Kier molecular flexibility index (Phi) is 4.87. The quantitative estimate of drug-likeness (QED) is 0.912. The van der Waals surface area contributed by atoms with E-state index in [4.69, 9.17) is 5.11 Å². The molecule has 102 valence electrons. The van der Waals surface area contributed by atoms with Gasteiger partial charge >= 0.3 is 5.97 Å². The summed E-state index contributed by atoms with van der Waals surface area (Å²) in [7, 11) is 0. The Balaban J connectivity index is 2.10. The third-order valence-corrected chi connectivity index (χ3v) is 4.54. The second-order valence-corrected chi connectivity index (χ2v) is 6.22. The van der Waals surface area contributed by atoms with E-state index in [1.807, 2.05) is 18.2 Å². The van der Waals surface area contributed by atoms with Gasteiger partial charge in [-0.1, -0.05) is 6.07 Å². The summed E-state index contributed by atoms with van der Waals surface area (Å²) in [5.74, 6) is 0.00647. The Hall–Kier alpha value is -1.01. The lowest BCUT2D eigenvalue weighted by Gasteiger charge is -2.30. The van der Waals surface area contributed by atoms with E-state index >= 15 is 0 Å². The standard InChI is InChI=1S/C13H14BrNO3S/c14-9-3-1-4-10-13(9)15(7-8-19-10)11(16)5-2-6-12(17)18/h1,3-4H,2,5-8H2,(H,17,18). The van der Waals surface area contributed by atoms with Gasteiger partial charge in [-0.15, -0.1) is 11.8 Å². The second kappa shape index (κ2) is 6.43. The van der Waals surface area contributed by atoms with E-state index in [9.17, 15) is 9.59 Å². The Morgan fingerprint density at radius 2 is 2.16 bits per heavy atom. The van der Waals surface area contributed by atoms with Crippen LogP contribution in [0.2, 0.25) is 0 Å². The van der Waals surface area contributed by atoms with Gasteiger partial charge in [0.05, 0.1) is 5.69 Å². The SMILES string of the molecule is O=C(O)CCCC(=O)N1CCSc2cccc(Br)c21. The van der Waals surface area contributed by atoms with E-state index in [1.165, 1.54) is 0 Å². The summed E-state index contributed by atoms with van der Waals surface area (Å²) >= 11 is 5.22. The largest absolute Gasteiger partial charge is 0.481 e. The molecule has 0 radical (unpaired) electrons. The fraction of sp³-hybridized carbons (Fsp3) is 0.385. The highest BCUT2D eigenvalue weighted by molar-refractivity contribution is 9.10. The summed E-state index contributed by atoms with van der Waals surface area (Å²) in [6.07, 6.45) is 0.701. The van der Waals surface area contributed by atoms with Gasteiger partial charge in [-0.25, -0.2) is 0 Å². The number of rotatable bonds is 4. The number of anilines is 1. The summed E-state index contributed by atoms with van der Waals surface area (Å²) in [6, 6.07) is 5.87. The Morgan fingerprint density at radius 3 is 2.89 bits per heavy atom. The lowest BCUT2D eigenvalue weighted by atomic mass is 10.2. The number of amides is 1. The zero-order chi connectivity index (χ0) is 13.8. The van der Waals surface area contributed by atoms with Crippen LogP contribution in [0.15, 0.2) is 27.6 Å². The van der Waals surface area contributed by atoms with Crippen LogP contribution >= 0.6 is 27.7 Å². The van der Waals surface area contributed by atoms with Crippen LogP contribution in [-0.2, 0) is 9.59 Å². The molecule has 0 aliphatic carbocycles. The number of carboxylic acid groups (broad SMARTS) is 1. The molecule has 2 rings (SSSR count). The molecule has 1 N–H and O–H groups in total. The molecule has 0 atom stereocenters. The Bertz CT molecular complexity index is 507. The highest BCUT2D eigenvalue weighted by Gasteiger charge is 2.24. The molecule has 1 aliphatic heterocycles. The molecule has 1 heterocycles. The number of thioether (sulfide) groups is 1. The predicted molar refractivity (Wildman–Crippen MR) is 78.7 cm³/mol. The smallest absolute Gasteiger partial charge is 0.303 e. The summed E-state index contributed by atoms with van der Waals surface area (Å²) in [4.78, 5) is 25.5. The van der Waals surface area contributed by atoms with Crippen LogP contribution in [0.1, 0.15) is 19.3 Å². The summed E-state index contributed by atoms with van der Waals surface area (Å²) in [5, 5.41) is 8.60. The van der Waals surface area contributed by atoms with Crippen molar-refractivity contribution in [1.29, 1.82) is 0 Å². The van der Waals surface area contributed by atoms with Crippen molar-refractivity contribution < 1.29 is 14.7 Å². The lowest BCUT2D eigenvalue weighted by Crippen LogP contribution is -2.35. The highest BCUT2D eigenvalue weighted by Crippen LogP contribution is 2.40. The Labute approximate surface area is 124 Å². The molecule has 1 aliphatic rings. The van der Waals surface area contributed by atoms with Crippen LogP contribution < -0.4 is 4.90 Å². The number of carboxylic acids is 1. The number of aliphatic carboxylic acids is 1. The van der Waals surface area contributed by atoms with E-state index < -0.39 is 5.97 Å². The summed E-state index contributed by atoms with van der Waals surface area (Å²) in [5.41, 5.74) is 0.916. The summed E-state index contributed by atoms with van der Waals surface area (Å²) in [6.45, 7) is 0.673. The number of hydrogen-bond donors (Lipinski definition) is 1. The van der Waals surface area contributed by atoms with Crippen LogP contribution in [0.25, 0.3) is 0 Å². The minimum absolute atomic E-state index is 0.00491. The molecule has 0 aromatic heterocycles. The number of hydrogen-bond acceptors (Lipinski definition) is 3. The molecular formula is C13H14BrNO3S. The number of fused-ring (bicyclic) bond motifs is 1. The van der Waals surface area contributed by atoms with Crippen molar-refractivity contribution in [2.45, 2.75) is 24.2 Å². The molecule has 0 unspecified atom stereocenters. The number of carbonyl (C=O) groups excluding carboxylic acids is 1. The molecule has 1 aromatic carbocycles. The van der Waals surface area contributed by atoms with Crippen molar-refractivity contribution in [1.82, 2.24) is 0 Å². The van der Waals surface area contributed by atoms with E-state index in [-0.39, 0.29) is 18.7 Å². The second-order valence-electron chi connectivity index (χ2n) is 4.23. The first-order valence-electron chi connectivity index (χ1n) is 6.03. The van der Waals surface area contributed by atoms with Crippen LogP contribution in [-0.4, -0.2) is 29.3 Å². The van der Waals surface area contributed by atoms with E-state index in [0.717, 1.165) is 20.8 Å². The van der Waals surface area contributed by atoms with Gasteiger partial charge in [0.25, 0.3) is 0 Å². The fourth-order valence-corrected chi connectivity index (χ4v) is 3.74. The molecule has 0 saturated heterocycles. The molecular weight excluding hydrogens is 330 g/mol. The zero-order valence-electron chi connectivity index (χ0n) is 10.3. The molecule has 0 saturated carbocycles. The molecule has 19 heavy (non-hydrogen) atoms. The van der Waals surface area contributed by atoms with Gasteiger partial charge in [-0.3, -0.25) is 9.59 Å². The average molecular weight is 344 g/mol. The van der Waals surface area contributed by atoms with E-state index in [2.05, 4.69) is 15.9 Å². The maximum atomic E-state index is 12.2. The first-order valence-corrected chi connectivity index (χ1v) is 7.81. The van der Waals surface area contributed by atoms with Crippen molar-refractivity contribution in [2.75, 3.05) is 17.2 Å². The van der Waals surface area contributed by atoms with Gasteiger partial charge in [0.2, 0.25) is 5.91 Å². The van der Waals surface area contributed by atoms with Crippen molar-refractivity contribution in [2.24, 2.45) is 0 Å². The van der Waals surface area contributed by atoms with E-state index in [1.54, 1.807) is 16.7 Å². The third kappa shape index (κ3) is 3.51. The average Bonchev–Trinajstić information content (AvgIpc) is 2.38. The molecule has 6 heteroatoms. The summed E-state index contributed by atoms with van der Waals surface area (Å²) < 4.78 is 0.906. The molecule has 0 spiro atoms. The van der Waals surface area contributed by atoms with Crippen molar-refractivity contribution in [3.05, 3.63) is 22.7 Å². The van der Waals surface area contributed by atoms with Crippen LogP contribution in [0.5, 0.6) is 0 Å². The van der Waals surface area contributed by atoms with Gasteiger partial charge in [0, 0.05) is 34.5 Å². The first kappa shape index (κ1) is 14.4. The topological polar surface area (TPSA) is 57.6 Å². The van der Waals surface area contributed by atoms with Gasteiger partial charge in [-0.05, 0) is 34.5 Å². The lowest BCUT2D eigenvalue weighted by molar-refractivity contribution is -0.137. The normalized spacial score (nSPS) is 14.1. The number of benzene rings is 1. The minimum Gasteiger partial charge on any atom is -0.481 e. The van der Waals surface area contributed by atoms with E-state index in [0.29, 0.717) is 13.0 Å². The van der Waals surface area contributed by atoms with Crippen molar-refractivity contribution >= 4 is 45.3 Å². The van der Waals surface area contributed by atoms with Gasteiger partial charge in [0.1, 0.15) is 0 Å². The molecule has 0 bridgehead atoms. The first-order chi connectivity index (χ1) is 9.09. The molecule has 0 fully saturated rings.